The molecule has 0 aliphatic heterocycles. The molecular weight excluding hydrogens is 167 g/mol. The fraction of sp³-hybridized carbons (Fsp3) is 0.125. The number of rotatable bonds is 2. The van der Waals surface area contributed by atoms with Crippen LogP contribution in [0.15, 0.2) is 18.2 Å². The average Bonchev–Trinajstić information content (AvgIpc) is 2.16. The minimum Gasteiger partial charge on any atom is -0.423 e. The smallest absolute Gasteiger partial charge is 0.423 e. The van der Waals surface area contributed by atoms with Crippen LogP contribution in [-0.2, 0) is 6.54 Å². The quantitative estimate of drug-likeness (QED) is 0.488. The van der Waals surface area contributed by atoms with Crippen LogP contribution >= 0.6 is 0 Å². The van der Waals surface area contributed by atoms with E-state index in [2.05, 4.69) is 0 Å². The lowest BCUT2D eigenvalue weighted by atomic mass is 9.79. The zero-order valence-corrected chi connectivity index (χ0v) is 6.94. The molecular formula is C8H9BN2O2. The zero-order chi connectivity index (χ0) is 9.84. The zero-order valence-electron chi connectivity index (χ0n) is 6.94. The lowest BCUT2D eigenvalue weighted by Crippen LogP contribution is -2.30. The molecule has 4 N–H and O–H groups in total. The average molecular weight is 176 g/mol. The van der Waals surface area contributed by atoms with Crippen LogP contribution < -0.4 is 11.2 Å². The Hall–Kier alpha value is -1.35. The van der Waals surface area contributed by atoms with E-state index in [1.54, 1.807) is 12.1 Å². The Morgan fingerprint density at radius 1 is 1.38 bits per heavy atom. The van der Waals surface area contributed by atoms with Gasteiger partial charge in [0, 0.05) is 6.54 Å². The van der Waals surface area contributed by atoms with Crippen molar-refractivity contribution in [3.05, 3.63) is 29.3 Å². The van der Waals surface area contributed by atoms with Crippen LogP contribution in [0.4, 0.5) is 0 Å². The number of nitriles is 1. The Labute approximate surface area is 76.4 Å². The Balaban J connectivity index is 3.17. The Kier molecular flexibility index (Phi) is 3.04. The predicted octanol–water partition coefficient (Wildman–Crippen LogP) is -1.30. The van der Waals surface area contributed by atoms with Gasteiger partial charge >= 0.3 is 7.12 Å². The molecule has 0 spiro atoms. The van der Waals surface area contributed by atoms with Crippen LogP contribution in [0.3, 0.4) is 0 Å². The summed E-state index contributed by atoms with van der Waals surface area (Å²) in [6.07, 6.45) is 0. The standard InChI is InChI=1S/C8H9BN2O2/c10-4-6-1-7(5-11)3-8(2-6)9(12)13/h1-3,12-13H,4,10H2. The lowest BCUT2D eigenvalue weighted by molar-refractivity contribution is 0.425. The first-order valence-corrected chi connectivity index (χ1v) is 3.77. The molecule has 13 heavy (non-hydrogen) atoms. The number of nitrogens with zero attached hydrogens (tertiary/aromatic N) is 1. The fourth-order valence-electron chi connectivity index (χ4n) is 1.05. The summed E-state index contributed by atoms with van der Waals surface area (Å²) in [5.41, 5.74) is 6.75. The predicted molar refractivity (Wildman–Crippen MR) is 48.9 cm³/mol. The summed E-state index contributed by atoms with van der Waals surface area (Å²) in [5, 5.41) is 26.3. The van der Waals surface area contributed by atoms with Crippen LogP contribution in [0.5, 0.6) is 0 Å². The van der Waals surface area contributed by atoms with Gasteiger partial charge in [-0.15, -0.1) is 0 Å². The van der Waals surface area contributed by atoms with Gasteiger partial charge in [0.1, 0.15) is 0 Å². The number of nitrogens with two attached hydrogens (primary N) is 1. The summed E-state index contributed by atoms with van der Waals surface area (Å²) in [6.45, 7) is 0.273. The summed E-state index contributed by atoms with van der Waals surface area (Å²) in [4.78, 5) is 0. The van der Waals surface area contributed by atoms with E-state index in [0.717, 1.165) is 0 Å². The topological polar surface area (TPSA) is 90.3 Å². The van der Waals surface area contributed by atoms with Gasteiger partial charge in [-0.1, -0.05) is 6.07 Å². The maximum atomic E-state index is 8.87. The van der Waals surface area contributed by atoms with Gasteiger partial charge in [0.2, 0.25) is 0 Å². The molecule has 0 heterocycles. The monoisotopic (exact) mass is 176 g/mol. The molecule has 0 radical (unpaired) electrons. The number of benzene rings is 1. The van der Waals surface area contributed by atoms with Crippen molar-refractivity contribution in [1.82, 2.24) is 0 Å². The third-order valence-electron chi connectivity index (χ3n) is 1.68. The molecule has 1 aromatic rings. The van der Waals surface area contributed by atoms with Gasteiger partial charge < -0.3 is 15.8 Å². The normalized spacial score (nSPS) is 9.38. The van der Waals surface area contributed by atoms with Gasteiger partial charge in [-0.05, 0) is 23.2 Å². The second-order valence-electron chi connectivity index (χ2n) is 2.65. The molecule has 0 aliphatic rings. The van der Waals surface area contributed by atoms with Gasteiger partial charge in [0.25, 0.3) is 0 Å². The van der Waals surface area contributed by atoms with E-state index in [9.17, 15) is 0 Å². The third-order valence-corrected chi connectivity index (χ3v) is 1.68. The maximum Gasteiger partial charge on any atom is 0.488 e. The molecule has 66 valence electrons. The van der Waals surface area contributed by atoms with Gasteiger partial charge in [0.05, 0.1) is 11.6 Å². The van der Waals surface area contributed by atoms with E-state index in [4.69, 9.17) is 21.0 Å². The molecule has 0 fully saturated rings. The molecule has 4 nitrogen and oxygen atoms in total. The van der Waals surface area contributed by atoms with Crippen LogP contribution in [0.2, 0.25) is 0 Å². The minimum absolute atomic E-state index is 0.273. The van der Waals surface area contributed by atoms with Crippen molar-refractivity contribution in [2.45, 2.75) is 6.54 Å². The van der Waals surface area contributed by atoms with Crippen molar-refractivity contribution >= 4 is 12.6 Å². The molecule has 0 aliphatic carbocycles. The molecule has 1 aromatic carbocycles. The number of hydrogen-bond donors (Lipinski definition) is 3. The highest BCUT2D eigenvalue weighted by molar-refractivity contribution is 6.58. The van der Waals surface area contributed by atoms with Crippen molar-refractivity contribution in [3.8, 4) is 6.07 Å². The lowest BCUT2D eigenvalue weighted by Gasteiger charge is -2.03. The fourth-order valence-corrected chi connectivity index (χ4v) is 1.05. The van der Waals surface area contributed by atoms with E-state index < -0.39 is 7.12 Å². The third kappa shape index (κ3) is 2.29. The molecule has 0 unspecified atom stereocenters. The highest BCUT2D eigenvalue weighted by Gasteiger charge is 2.12. The molecule has 0 bridgehead atoms. The summed E-state index contributed by atoms with van der Waals surface area (Å²) in [5.74, 6) is 0. The molecule has 0 saturated carbocycles. The van der Waals surface area contributed by atoms with E-state index in [0.29, 0.717) is 16.6 Å². The summed E-state index contributed by atoms with van der Waals surface area (Å²) >= 11 is 0. The second kappa shape index (κ2) is 4.05. The van der Waals surface area contributed by atoms with Crippen molar-refractivity contribution in [3.63, 3.8) is 0 Å². The summed E-state index contributed by atoms with van der Waals surface area (Å²) in [7, 11) is -1.56. The van der Waals surface area contributed by atoms with Gasteiger partial charge in [-0.2, -0.15) is 5.26 Å². The van der Waals surface area contributed by atoms with Gasteiger partial charge in [-0.3, -0.25) is 0 Å². The molecule has 0 aromatic heterocycles. The largest absolute Gasteiger partial charge is 0.488 e. The van der Waals surface area contributed by atoms with Gasteiger partial charge in [-0.25, -0.2) is 0 Å². The highest BCUT2D eigenvalue weighted by Crippen LogP contribution is 2.01. The first-order valence-electron chi connectivity index (χ1n) is 3.77. The highest BCUT2D eigenvalue weighted by atomic mass is 16.4. The van der Waals surface area contributed by atoms with E-state index in [-0.39, 0.29) is 6.54 Å². The molecule has 0 amide bonds. The van der Waals surface area contributed by atoms with E-state index in [1.165, 1.54) is 6.07 Å². The van der Waals surface area contributed by atoms with Crippen LogP contribution in [0.25, 0.3) is 0 Å². The second-order valence-corrected chi connectivity index (χ2v) is 2.65. The first-order chi connectivity index (χ1) is 6.17. The van der Waals surface area contributed by atoms with Crippen molar-refractivity contribution in [2.75, 3.05) is 0 Å². The Bertz CT molecular complexity index is 346. The first kappa shape index (κ1) is 9.74. The van der Waals surface area contributed by atoms with Crippen molar-refractivity contribution in [1.29, 1.82) is 5.26 Å². The summed E-state index contributed by atoms with van der Waals surface area (Å²) in [6, 6.07) is 6.52. The molecule has 5 heteroatoms. The summed E-state index contributed by atoms with van der Waals surface area (Å²) < 4.78 is 0. The van der Waals surface area contributed by atoms with E-state index >= 15 is 0 Å². The van der Waals surface area contributed by atoms with E-state index in [1.807, 2.05) is 6.07 Å². The maximum absolute atomic E-state index is 8.87. The van der Waals surface area contributed by atoms with Crippen molar-refractivity contribution in [2.24, 2.45) is 5.73 Å². The Morgan fingerprint density at radius 2 is 2.08 bits per heavy atom. The molecule has 1 rings (SSSR count). The minimum atomic E-state index is -1.56. The van der Waals surface area contributed by atoms with Crippen LogP contribution in [0, 0.1) is 11.3 Å². The SMILES string of the molecule is N#Cc1cc(CN)cc(B(O)O)c1. The number of hydrogen-bond acceptors (Lipinski definition) is 4. The molecule has 0 atom stereocenters. The molecule has 0 saturated heterocycles. The van der Waals surface area contributed by atoms with Crippen molar-refractivity contribution < 1.29 is 10.0 Å². The van der Waals surface area contributed by atoms with Crippen LogP contribution in [-0.4, -0.2) is 17.2 Å². The Morgan fingerprint density at radius 3 is 2.54 bits per heavy atom. The van der Waals surface area contributed by atoms with Gasteiger partial charge in [0.15, 0.2) is 0 Å². The van der Waals surface area contributed by atoms with Crippen LogP contribution in [0.1, 0.15) is 11.1 Å².